The summed E-state index contributed by atoms with van der Waals surface area (Å²) in [7, 11) is -4.04. The summed E-state index contributed by atoms with van der Waals surface area (Å²) in [6, 6.07) is 1.68. The van der Waals surface area contributed by atoms with Crippen LogP contribution >= 0.6 is 0 Å². The first kappa shape index (κ1) is 14.2. The smallest absolute Gasteiger partial charge is 0.243 e. The summed E-state index contributed by atoms with van der Waals surface area (Å²) in [4.78, 5) is -0.648. The minimum absolute atomic E-state index is 0.0654. The van der Waals surface area contributed by atoms with Gasteiger partial charge in [0.2, 0.25) is 10.0 Å². The fourth-order valence-electron chi connectivity index (χ4n) is 1.81. The molecule has 1 aliphatic heterocycles. The van der Waals surface area contributed by atoms with Gasteiger partial charge < -0.3 is 10.5 Å². The van der Waals surface area contributed by atoms with E-state index in [1.807, 2.05) is 0 Å². The predicted octanol–water partition coefficient (Wildman–Crippen LogP) is 0.862. The Bertz CT molecular complexity index is 572. The molecule has 0 spiro atoms. The third-order valence-corrected chi connectivity index (χ3v) is 4.41. The highest BCUT2D eigenvalue weighted by Crippen LogP contribution is 2.23. The number of nitrogen functional groups attached to an aromatic ring is 1. The zero-order chi connectivity index (χ0) is 14.0. The minimum atomic E-state index is -4.04. The Kier molecular flexibility index (Phi) is 4.02. The molecule has 0 saturated carbocycles. The van der Waals surface area contributed by atoms with E-state index in [0.29, 0.717) is 13.2 Å². The molecule has 0 aliphatic carbocycles. The number of ether oxygens (including phenoxy) is 1. The van der Waals surface area contributed by atoms with Crippen LogP contribution in [0.4, 0.5) is 14.5 Å². The molecule has 0 bridgehead atoms. The number of nitrogens with one attached hydrogen (secondary N) is 1. The molecule has 0 radical (unpaired) electrons. The fourth-order valence-corrected chi connectivity index (χ4v) is 3.01. The van der Waals surface area contributed by atoms with Crippen LogP contribution in [0.25, 0.3) is 0 Å². The highest BCUT2D eigenvalue weighted by atomic mass is 32.2. The van der Waals surface area contributed by atoms with E-state index in [1.165, 1.54) is 0 Å². The number of hydrogen-bond acceptors (Lipinski definition) is 4. The molecule has 0 aromatic heterocycles. The van der Waals surface area contributed by atoms with Gasteiger partial charge in [0.05, 0.1) is 6.61 Å². The monoisotopic (exact) mass is 292 g/mol. The molecule has 8 heteroatoms. The average Bonchev–Trinajstić information content (AvgIpc) is 2.86. The third kappa shape index (κ3) is 3.02. The van der Waals surface area contributed by atoms with E-state index in [9.17, 15) is 17.2 Å². The molecule has 1 aromatic carbocycles. The molecule has 1 aromatic rings. The Balaban J connectivity index is 2.17. The fraction of sp³-hybridized carbons (Fsp3) is 0.455. The Morgan fingerprint density at radius 1 is 1.42 bits per heavy atom. The Labute approximate surface area is 109 Å². The van der Waals surface area contributed by atoms with E-state index in [2.05, 4.69) is 4.72 Å². The standard InChI is InChI=1S/C11H14F2N2O3S/c12-8-1-2-9(10(13)11(8)14)19(16,17)15-5-7-3-4-18-6-7/h1-2,7,15H,3-6,14H2. The lowest BCUT2D eigenvalue weighted by Gasteiger charge is -2.11. The van der Waals surface area contributed by atoms with Crippen LogP contribution in [0, 0.1) is 17.6 Å². The summed E-state index contributed by atoms with van der Waals surface area (Å²) in [5.74, 6) is -2.19. The number of sulfonamides is 1. The molecule has 3 N–H and O–H groups in total. The number of benzene rings is 1. The van der Waals surface area contributed by atoms with Crippen LogP contribution in [0.1, 0.15) is 6.42 Å². The summed E-state index contributed by atoms with van der Waals surface area (Å²) in [5.41, 5.74) is 4.34. The molecule has 1 aliphatic rings. The average molecular weight is 292 g/mol. The van der Waals surface area contributed by atoms with Crippen molar-refractivity contribution in [2.75, 3.05) is 25.5 Å². The normalized spacial score (nSPS) is 19.8. The molecular weight excluding hydrogens is 278 g/mol. The Morgan fingerprint density at radius 2 is 2.16 bits per heavy atom. The summed E-state index contributed by atoms with van der Waals surface area (Å²) in [5, 5.41) is 0. The van der Waals surface area contributed by atoms with Gasteiger partial charge in [-0.15, -0.1) is 0 Å². The molecule has 0 amide bonds. The van der Waals surface area contributed by atoms with Crippen molar-refractivity contribution in [3.05, 3.63) is 23.8 Å². The predicted molar refractivity (Wildman–Crippen MR) is 64.9 cm³/mol. The van der Waals surface area contributed by atoms with Crippen LogP contribution in [0.15, 0.2) is 17.0 Å². The first-order valence-corrected chi connectivity index (χ1v) is 7.21. The number of halogens is 2. The van der Waals surface area contributed by atoms with Crippen LogP contribution < -0.4 is 10.5 Å². The maximum Gasteiger partial charge on any atom is 0.243 e. The maximum atomic E-state index is 13.6. The third-order valence-electron chi connectivity index (χ3n) is 2.97. The highest BCUT2D eigenvalue weighted by molar-refractivity contribution is 7.89. The van der Waals surface area contributed by atoms with Gasteiger partial charge in [-0.3, -0.25) is 0 Å². The van der Waals surface area contributed by atoms with Gasteiger partial charge in [-0.25, -0.2) is 21.9 Å². The van der Waals surface area contributed by atoms with Crippen molar-refractivity contribution in [2.45, 2.75) is 11.3 Å². The minimum Gasteiger partial charge on any atom is -0.394 e. The van der Waals surface area contributed by atoms with E-state index < -0.39 is 32.2 Å². The zero-order valence-corrected chi connectivity index (χ0v) is 10.8. The molecule has 19 heavy (non-hydrogen) atoms. The number of rotatable bonds is 4. The zero-order valence-electron chi connectivity index (χ0n) is 10.0. The van der Waals surface area contributed by atoms with E-state index >= 15 is 0 Å². The van der Waals surface area contributed by atoms with Gasteiger partial charge >= 0.3 is 0 Å². The first-order valence-electron chi connectivity index (χ1n) is 5.72. The van der Waals surface area contributed by atoms with Crippen molar-refractivity contribution in [2.24, 2.45) is 5.92 Å². The number of nitrogens with two attached hydrogens (primary N) is 1. The summed E-state index contributed by atoms with van der Waals surface area (Å²) >= 11 is 0. The topological polar surface area (TPSA) is 81.4 Å². The molecule has 106 valence electrons. The molecule has 5 nitrogen and oxygen atoms in total. The van der Waals surface area contributed by atoms with Crippen LogP contribution in [0.3, 0.4) is 0 Å². The number of anilines is 1. The van der Waals surface area contributed by atoms with Gasteiger partial charge in [0.1, 0.15) is 16.4 Å². The highest BCUT2D eigenvalue weighted by Gasteiger charge is 2.24. The van der Waals surface area contributed by atoms with Crippen molar-refractivity contribution >= 4 is 15.7 Å². The molecular formula is C11H14F2N2O3S. The van der Waals surface area contributed by atoms with Gasteiger partial charge in [-0.05, 0) is 24.5 Å². The SMILES string of the molecule is Nc1c(F)ccc(S(=O)(=O)NCC2CCOC2)c1F. The molecule has 1 atom stereocenters. The second-order valence-electron chi connectivity index (χ2n) is 4.35. The number of hydrogen-bond donors (Lipinski definition) is 2. The lowest BCUT2D eigenvalue weighted by Crippen LogP contribution is -2.30. The van der Waals surface area contributed by atoms with Crippen molar-refractivity contribution in [3.63, 3.8) is 0 Å². The van der Waals surface area contributed by atoms with Crippen molar-refractivity contribution in [1.82, 2.24) is 4.72 Å². The molecule has 1 fully saturated rings. The summed E-state index contributed by atoms with van der Waals surface area (Å²) in [6.45, 7) is 1.21. The summed E-state index contributed by atoms with van der Waals surface area (Å²) < 4.78 is 57.8. The van der Waals surface area contributed by atoms with Crippen molar-refractivity contribution in [1.29, 1.82) is 0 Å². The summed E-state index contributed by atoms with van der Waals surface area (Å²) in [6.07, 6.45) is 0.747. The lowest BCUT2D eigenvalue weighted by atomic mass is 10.1. The van der Waals surface area contributed by atoms with E-state index in [-0.39, 0.29) is 12.5 Å². The largest absolute Gasteiger partial charge is 0.394 e. The van der Waals surface area contributed by atoms with Crippen molar-refractivity contribution < 1.29 is 21.9 Å². The Hall–Kier alpha value is -1.25. The van der Waals surface area contributed by atoms with Crippen molar-refractivity contribution in [3.8, 4) is 0 Å². The van der Waals surface area contributed by atoms with Gasteiger partial charge in [0.15, 0.2) is 5.82 Å². The van der Waals surface area contributed by atoms with Crippen LogP contribution in [-0.2, 0) is 14.8 Å². The van der Waals surface area contributed by atoms with Gasteiger partial charge in [-0.1, -0.05) is 0 Å². The first-order chi connectivity index (χ1) is 8.92. The quantitative estimate of drug-likeness (QED) is 0.807. The molecule has 1 unspecified atom stereocenters. The van der Waals surface area contributed by atoms with E-state index in [0.717, 1.165) is 18.6 Å². The molecule has 1 heterocycles. The van der Waals surface area contributed by atoms with Crippen LogP contribution in [0.5, 0.6) is 0 Å². The maximum absolute atomic E-state index is 13.6. The van der Waals surface area contributed by atoms with Crippen LogP contribution in [-0.4, -0.2) is 28.2 Å². The van der Waals surface area contributed by atoms with E-state index in [4.69, 9.17) is 10.5 Å². The molecule has 2 rings (SSSR count). The van der Waals surface area contributed by atoms with Gasteiger partial charge in [0.25, 0.3) is 0 Å². The Morgan fingerprint density at radius 3 is 2.79 bits per heavy atom. The van der Waals surface area contributed by atoms with Gasteiger partial charge in [0, 0.05) is 13.2 Å². The lowest BCUT2D eigenvalue weighted by molar-refractivity contribution is 0.186. The van der Waals surface area contributed by atoms with Crippen LogP contribution in [0.2, 0.25) is 0 Å². The van der Waals surface area contributed by atoms with E-state index in [1.54, 1.807) is 0 Å². The second-order valence-corrected chi connectivity index (χ2v) is 6.09. The molecule has 1 saturated heterocycles. The van der Waals surface area contributed by atoms with Gasteiger partial charge in [-0.2, -0.15) is 0 Å². The second kappa shape index (κ2) is 5.40.